The molecule has 5 nitrogen and oxygen atoms in total. The molecule has 31 heavy (non-hydrogen) atoms. The summed E-state index contributed by atoms with van der Waals surface area (Å²) in [4.78, 5) is 34.9. The maximum Gasteiger partial charge on any atom is 0.256 e. The van der Waals surface area contributed by atoms with Crippen molar-refractivity contribution in [3.8, 4) is 0 Å². The molecule has 0 spiro atoms. The van der Waals surface area contributed by atoms with E-state index in [1.807, 2.05) is 30.3 Å². The van der Waals surface area contributed by atoms with Crippen LogP contribution < -0.4 is 0 Å². The van der Waals surface area contributed by atoms with Gasteiger partial charge in [0, 0.05) is 49.3 Å². The molecule has 0 radical (unpaired) electrons. The Bertz CT molecular complexity index is 974. The minimum atomic E-state index is -0.0125. The normalized spacial score (nSPS) is 29.5. The van der Waals surface area contributed by atoms with Gasteiger partial charge in [0.05, 0.1) is 11.6 Å². The predicted molar refractivity (Wildman–Crippen MR) is 120 cm³/mol. The van der Waals surface area contributed by atoms with E-state index in [0.717, 1.165) is 44.2 Å². The fourth-order valence-electron chi connectivity index (χ4n) is 6.43. The molecule has 0 unspecified atom stereocenters. The number of aromatic nitrogens is 1. The molecule has 2 saturated heterocycles. The Hall–Kier alpha value is -2.69. The monoisotopic (exact) mass is 417 g/mol. The van der Waals surface area contributed by atoms with Crippen LogP contribution in [0.25, 0.3) is 0 Å². The first-order valence-corrected chi connectivity index (χ1v) is 11.6. The van der Waals surface area contributed by atoms with Gasteiger partial charge in [0.15, 0.2) is 0 Å². The van der Waals surface area contributed by atoms with Crippen molar-refractivity contribution in [3.05, 3.63) is 65.5 Å². The highest BCUT2D eigenvalue weighted by Crippen LogP contribution is 2.53. The first-order chi connectivity index (χ1) is 15.0. The Labute approximate surface area is 184 Å². The minimum absolute atomic E-state index is 0.0125. The number of nitrogens with zero attached hydrogens (tertiary/aromatic N) is 3. The van der Waals surface area contributed by atoms with E-state index >= 15 is 0 Å². The van der Waals surface area contributed by atoms with Gasteiger partial charge in [-0.25, -0.2) is 0 Å². The van der Waals surface area contributed by atoms with Crippen LogP contribution in [0.4, 0.5) is 0 Å². The van der Waals surface area contributed by atoms with Gasteiger partial charge < -0.3 is 9.80 Å². The number of piperidine rings is 1. The topological polar surface area (TPSA) is 53.5 Å². The van der Waals surface area contributed by atoms with E-state index in [2.05, 4.69) is 33.8 Å². The first-order valence-electron chi connectivity index (χ1n) is 11.6. The second kappa shape index (κ2) is 7.77. The van der Waals surface area contributed by atoms with E-state index in [0.29, 0.717) is 12.1 Å². The highest BCUT2D eigenvalue weighted by Gasteiger charge is 2.60. The van der Waals surface area contributed by atoms with Gasteiger partial charge in [-0.05, 0) is 37.0 Å². The van der Waals surface area contributed by atoms with E-state index in [1.165, 1.54) is 5.56 Å². The molecule has 1 aromatic carbocycles. The van der Waals surface area contributed by atoms with Crippen molar-refractivity contribution in [2.75, 3.05) is 6.54 Å². The zero-order chi connectivity index (χ0) is 21.6. The number of hydrogen-bond acceptors (Lipinski definition) is 3. The van der Waals surface area contributed by atoms with Crippen LogP contribution in [0.3, 0.4) is 0 Å². The summed E-state index contributed by atoms with van der Waals surface area (Å²) in [5.41, 5.74) is 2.82. The van der Waals surface area contributed by atoms with Crippen LogP contribution >= 0.6 is 0 Å². The molecule has 3 fully saturated rings. The summed E-state index contributed by atoms with van der Waals surface area (Å²) in [6, 6.07) is 14.7. The van der Waals surface area contributed by atoms with E-state index in [1.54, 1.807) is 13.1 Å². The summed E-state index contributed by atoms with van der Waals surface area (Å²) in [7, 11) is 0. The van der Waals surface area contributed by atoms with Gasteiger partial charge in [-0.1, -0.05) is 50.1 Å². The SMILES string of the molecule is CC(=O)N1C[C@@H]2C[C@@]3(C)[C@H](CCCC[C@@H]13)N2C(=O)c1ccc(Cc2ccccc2)nc1. The van der Waals surface area contributed by atoms with Gasteiger partial charge in [0.25, 0.3) is 5.91 Å². The maximum absolute atomic E-state index is 13.7. The van der Waals surface area contributed by atoms with Crippen molar-refractivity contribution in [3.63, 3.8) is 0 Å². The number of carbonyl (C=O) groups is 2. The second-order valence-corrected chi connectivity index (χ2v) is 9.76. The molecule has 3 heterocycles. The Morgan fingerprint density at radius 2 is 1.81 bits per heavy atom. The molecular formula is C26H31N3O2. The Kier molecular flexibility index (Phi) is 5.07. The third-order valence-corrected chi connectivity index (χ3v) is 7.85. The van der Waals surface area contributed by atoms with Gasteiger partial charge in [-0.3, -0.25) is 14.6 Å². The Morgan fingerprint density at radius 1 is 1.06 bits per heavy atom. The van der Waals surface area contributed by atoms with Crippen LogP contribution in [0.2, 0.25) is 0 Å². The standard InChI is InChI=1S/C26H31N3O2/c1-18(30)28-17-22-15-26(2)23(28)10-6-7-11-24(26)29(22)25(31)20-12-13-21(27-16-20)14-19-8-4-3-5-9-19/h3-5,8-9,12-13,16,22-24H,6-7,10-11,14-15,17H2,1-2H3/t22-,23+,24-,26+/m0/s1. The van der Waals surface area contributed by atoms with E-state index in [4.69, 9.17) is 0 Å². The zero-order valence-corrected chi connectivity index (χ0v) is 18.5. The lowest BCUT2D eigenvalue weighted by molar-refractivity contribution is -0.136. The van der Waals surface area contributed by atoms with Gasteiger partial charge in [-0.2, -0.15) is 0 Å². The average Bonchev–Trinajstić information content (AvgIpc) is 2.88. The van der Waals surface area contributed by atoms with E-state index in [-0.39, 0.29) is 35.4 Å². The van der Waals surface area contributed by atoms with Crippen molar-refractivity contribution in [2.24, 2.45) is 5.41 Å². The highest BCUT2D eigenvalue weighted by molar-refractivity contribution is 5.95. The van der Waals surface area contributed by atoms with Crippen molar-refractivity contribution in [1.29, 1.82) is 0 Å². The molecule has 3 aliphatic rings. The second-order valence-electron chi connectivity index (χ2n) is 9.76. The molecule has 162 valence electrons. The third kappa shape index (κ3) is 3.44. The van der Waals surface area contributed by atoms with Crippen LogP contribution in [-0.2, 0) is 11.2 Å². The largest absolute Gasteiger partial charge is 0.337 e. The van der Waals surface area contributed by atoms with E-state index < -0.39 is 0 Å². The first kappa shape index (κ1) is 20.2. The number of pyridine rings is 1. The van der Waals surface area contributed by atoms with Crippen LogP contribution in [0, 0.1) is 5.41 Å². The summed E-state index contributed by atoms with van der Waals surface area (Å²) in [6.07, 6.45) is 7.82. The number of rotatable bonds is 3. The number of likely N-dealkylation sites (tertiary alicyclic amines) is 2. The molecule has 5 heteroatoms. The van der Waals surface area contributed by atoms with E-state index in [9.17, 15) is 9.59 Å². The number of amides is 2. The molecule has 1 saturated carbocycles. The highest BCUT2D eigenvalue weighted by atomic mass is 16.2. The molecule has 2 aromatic rings. The van der Waals surface area contributed by atoms with Crippen LogP contribution in [0.1, 0.15) is 67.6 Å². The molecule has 0 N–H and O–H groups in total. The lowest BCUT2D eigenvalue weighted by atomic mass is 9.71. The van der Waals surface area contributed by atoms with Gasteiger partial charge >= 0.3 is 0 Å². The summed E-state index contributed by atoms with van der Waals surface area (Å²) < 4.78 is 0. The molecule has 2 aliphatic heterocycles. The van der Waals surface area contributed by atoms with Crippen LogP contribution in [0.15, 0.2) is 48.7 Å². The smallest absolute Gasteiger partial charge is 0.256 e. The molecule has 2 amide bonds. The predicted octanol–water partition coefficient (Wildman–Crippen LogP) is 4.07. The molecule has 1 aromatic heterocycles. The lowest BCUT2D eigenvalue weighted by Crippen LogP contribution is -2.55. The summed E-state index contributed by atoms with van der Waals surface area (Å²) in [6.45, 7) is 4.65. The Balaban J connectivity index is 1.41. The average molecular weight is 418 g/mol. The van der Waals surface area contributed by atoms with Crippen molar-refractivity contribution in [2.45, 2.75) is 70.5 Å². The number of hydrogen-bond donors (Lipinski definition) is 0. The van der Waals surface area contributed by atoms with Crippen LogP contribution in [0.5, 0.6) is 0 Å². The molecule has 1 aliphatic carbocycles. The molecule has 5 rings (SSSR count). The molecular weight excluding hydrogens is 386 g/mol. The van der Waals surface area contributed by atoms with Gasteiger partial charge in [0.1, 0.15) is 0 Å². The van der Waals surface area contributed by atoms with Gasteiger partial charge in [-0.15, -0.1) is 0 Å². The number of fused-ring (bicyclic) bond motifs is 1. The zero-order valence-electron chi connectivity index (χ0n) is 18.5. The van der Waals surface area contributed by atoms with Crippen molar-refractivity contribution in [1.82, 2.24) is 14.8 Å². The number of carbonyl (C=O) groups excluding carboxylic acids is 2. The quantitative estimate of drug-likeness (QED) is 0.757. The summed E-state index contributed by atoms with van der Waals surface area (Å²) in [5.74, 6) is 0.214. The summed E-state index contributed by atoms with van der Waals surface area (Å²) >= 11 is 0. The van der Waals surface area contributed by atoms with Crippen molar-refractivity contribution >= 4 is 11.8 Å². The van der Waals surface area contributed by atoms with Crippen molar-refractivity contribution < 1.29 is 9.59 Å². The van der Waals surface area contributed by atoms with Gasteiger partial charge in [0.2, 0.25) is 5.91 Å². The molecule has 2 bridgehead atoms. The maximum atomic E-state index is 13.7. The fraction of sp³-hybridized carbons (Fsp3) is 0.500. The minimum Gasteiger partial charge on any atom is -0.337 e. The summed E-state index contributed by atoms with van der Waals surface area (Å²) in [5, 5.41) is 0. The third-order valence-electron chi connectivity index (χ3n) is 7.85. The fourth-order valence-corrected chi connectivity index (χ4v) is 6.43. The molecule has 4 atom stereocenters. The Morgan fingerprint density at radius 3 is 2.48 bits per heavy atom. The van der Waals surface area contributed by atoms with Crippen LogP contribution in [-0.4, -0.2) is 51.3 Å². The lowest BCUT2D eigenvalue weighted by Gasteiger charge is -2.46. The number of benzene rings is 1.